The summed E-state index contributed by atoms with van der Waals surface area (Å²) in [5.74, 6) is 0.185. The molecule has 0 N–H and O–H groups in total. The van der Waals surface area contributed by atoms with Crippen LogP contribution in [0.25, 0.3) is 0 Å². The molecule has 0 saturated carbocycles. The lowest BCUT2D eigenvalue weighted by atomic mass is 10.1. The minimum atomic E-state index is -0.287. The minimum absolute atomic E-state index is 0.0760. The fourth-order valence-electron chi connectivity index (χ4n) is 4.32. The zero-order valence-electron chi connectivity index (χ0n) is 18.1. The van der Waals surface area contributed by atoms with Crippen LogP contribution in [0.5, 0.6) is 0 Å². The molecule has 0 radical (unpaired) electrons. The van der Waals surface area contributed by atoms with Gasteiger partial charge in [-0.25, -0.2) is 9.97 Å². The molecule has 2 atom stereocenters. The molecule has 31 heavy (non-hydrogen) atoms. The number of fused-ring (bicyclic) bond motifs is 1. The van der Waals surface area contributed by atoms with Gasteiger partial charge < -0.3 is 14.5 Å². The van der Waals surface area contributed by atoms with E-state index in [2.05, 4.69) is 20.0 Å². The van der Waals surface area contributed by atoms with Crippen LogP contribution < -0.4 is 4.90 Å². The van der Waals surface area contributed by atoms with Crippen LogP contribution in [0.4, 0.5) is 5.95 Å². The molecular formula is C21H29N7O3. The molecule has 10 nitrogen and oxygen atoms in total. The van der Waals surface area contributed by atoms with E-state index in [-0.39, 0.29) is 23.8 Å². The van der Waals surface area contributed by atoms with Crippen molar-refractivity contribution in [2.24, 2.45) is 13.0 Å². The Morgan fingerprint density at radius 1 is 1.13 bits per heavy atom. The highest BCUT2D eigenvalue weighted by Crippen LogP contribution is 2.22. The molecule has 2 aromatic rings. The summed E-state index contributed by atoms with van der Waals surface area (Å²) in [6.45, 7) is 5.89. The number of anilines is 1. The van der Waals surface area contributed by atoms with Gasteiger partial charge in [0.15, 0.2) is 0 Å². The number of amides is 1. The van der Waals surface area contributed by atoms with Crippen molar-refractivity contribution in [3.8, 4) is 0 Å². The first-order chi connectivity index (χ1) is 15.0. The first-order valence-electron chi connectivity index (χ1n) is 10.7. The summed E-state index contributed by atoms with van der Waals surface area (Å²) in [6, 6.07) is 3.73. The lowest BCUT2D eigenvalue weighted by Gasteiger charge is -2.41. The number of carbonyl (C=O) groups excluding carboxylic acids is 2. The zero-order valence-corrected chi connectivity index (χ0v) is 18.1. The Balaban J connectivity index is 1.49. The molecule has 4 heterocycles. The highest BCUT2D eigenvalue weighted by molar-refractivity contribution is 5.78. The standard InChI is InChI=1S/C21H29N7O3/c1-3-31-20(30)16-12-26-9-10-27(19(29)11-17-5-8-25(2)24-17)14-18(26)15-28(13-16)21-22-6-4-7-23-21/h4-8,16,18H,3,9-15H2,1-2H3/t16-,18+/m0/s1. The third kappa shape index (κ3) is 5.01. The molecule has 0 spiro atoms. The smallest absolute Gasteiger partial charge is 0.312 e. The lowest BCUT2D eigenvalue weighted by Crippen LogP contribution is -2.57. The van der Waals surface area contributed by atoms with Gasteiger partial charge in [-0.05, 0) is 19.1 Å². The van der Waals surface area contributed by atoms with E-state index in [1.54, 1.807) is 23.1 Å². The van der Waals surface area contributed by atoms with Crippen LogP contribution in [0.3, 0.4) is 0 Å². The average molecular weight is 428 g/mol. The normalized spacial score (nSPS) is 22.0. The predicted molar refractivity (Wildman–Crippen MR) is 113 cm³/mol. The molecule has 2 saturated heterocycles. The number of ether oxygens (including phenoxy) is 1. The Hall–Kier alpha value is -3.01. The number of hydrogen-bond donors (Lipinski definition) is 0. The van der Waals surface area contributed by atoms with Crippen LogP contribution in [-0.2, 0) is 27.8 Å². The molecule has 10 heteroatoms. The van der Waals surface area contributed by atoms with Crippen LogP contribution in [-0.4, -0.2) is 93.3 Å². The van der Waals surface area contributed by atoms with Crippen molar-refractivity contribution in [2.45, 2.75) is 19.4 Å². The second kappa shape index (κ2) is 9.42. The SMILES string of the molecule is CCOC(=O)[C@@H]1CN(c2ncccn2)C[C@H]2CN(C(=O)Cc3ccn(C)n3)CCN2C1. The summed E-state index contributed by atoms with van der Waals surface area (Å²) in [4.78, 5) is 40.5. The van der Waals surface area contributed by atoms with Crippen molar-refractivity contribution in [3.63, 3.8) is 0 Å². The molecule has 2 fully saturated rings. The van der Waals surface area contributed by atoms with E-state index in [1.165, 1.54) is 0 Å². The average Bonchev–Trinajstić information content (AvgIpc) is 3.07. The van der Waals surface area contributed by atoms with E-state index in [0.29, 0.717) is 51.7 Å². The van der Waals surface area contributed by atoms with Gasteiger partial charge in [0.05, 0.1) is 24.6 Å². The third-order valence-corrected chi connectivity index (χ3v) is 5.84. The van der Waals surface area contributed by atoms with Crippen LogP contribution >= 0.6 is 0 Å². The van der Waals surface area contributed by atoms with Gasteiger partial charge in [0.25, 0.3) is 0 Å². The number of aromatic nitrogens is 4. The first kappa shape index (κ1) is 21.2. The number of hydrogen-bond acceptors (Lipinski definition) is 8. The summed E-state index contributed by atoms with van der Waals surface area (Å²) >= 11 is 0. The molecule has 0 aromatic carbocycles. The van der Waals surface area contributed by atoms with Crippen LogP contribution in [0.2, 0.25) is 0 Å². The van der Waals surface area contributed by atoms with E-state index in [0.717, 1.165) is 12.2 Å². The number of piperazine rings is 1. The van der Waals surface area contributed by atoms with Crippen molar-refractivity contribution in [2.75, 3.05) is 50.8 Å². The summed E-state index contributed by atoms with van der Waals surface area (Å²) in [5, 5.41) is 4.32. The molecule has 0 bridgehead atoms. The summed E-state index contributed by atoms with van der Waals surface area (Å²) in [7, 11) is 1.85. The van der Waals surface area contributed by atoms with Gasteiger partial charge in [-0.3, -0.25) is 19.2 Å². The zero-order chi connectivity index (χ0) is 21.8. The Kier molecular flexibility index (Phi) is 6.45. The fourth-order valence-corrected chi connectivity index (χ4v) is 4.32. The number of carbonyl (C=O) groups is 2. The van der Waals surface area contributed by atoms with E-state index >= 15 is 0 Å². The molecule has 2 aliphatic rings. The largest absolute Gasteiger partial charge is 0.466 e. The van der Waals surface area contributed by atoms with Crippen molar-refractivity contribution in [1.29, 1.82) is 0 Å². The maximum Gasteiger partial charge on any atom is 0.312 e. The van der Waals surface area contributed by atoms with E-state index in [9.17, 15) is 9.59 Å². The Labute approximate surface area is 181 Å². The van der Waals surface area contributed by atoms with Crippen LogP contribution in [0, 0.1) is 5.92 Å². The molecule has 1 amide bonds. The second-order valence-electron chi connectivity index (χ2n) is 8.05. The minimum Gasteiger partial charge on any atom is -0.466 e. The van der Waals surface area contributed by atoms with Gasteiger partial charge in [-0.15, -0.1) is 0 Å². The summed E-state index contributed by atoms with van der Waals surface area (Å²) in [5.41, 5.74) is 0.775. The van der Waals surface area contributed by atoms with E-state index in [1.807, 2.05) is 36.0 Å². The van der Waals surface area contributed by atoms with Crippen molar-refractivity contribution in [1.82, 2.24) is 29.5 Å². The quantitative estimate of drug-likeness (QED) is 0.614. The Morgan fingerprint density at radius 3 is 2.65 bits per heavy atom. The first-order valence-corrected chi connectivity index (χ1v) is 10.7. The molecule has 166 valence electrons. The number of aryl methyl sites for hydroxylation is 1. The van der Waals surface area contributed by atoms with Gasteiger partial charge in [0.1, 0.15) is 0 Å². The topological polar surface area (TPSA) is 96.7 Å². The third-order valence-electron chi connectivity index (χ3n) is 5.84. The van der Waals surface area contributed by atoms with Crippen molar-refractivity contribution < 1.29 is 14.3 Å². The maximum atomic E-state index is 12.9. The van der Waals surface area contributed by atoms with Crippen molar-refractivity contribution in [3.05, 3.63) is 36.4 Å². The van der Waals surface area contributed by atoms with Gasteiger partial charge in [-0.2, -0.15) is 5.10 Å². The predicted octanol–water partition coefficient (Wildman–Crippen LogP) is -0.0351. The van der Waals surface area contributed by atoms with Crippen LogP contribution in [0.15, 0.2) is 30.7 Å². The Morgan fingerprint density at radius 2 is 1.94 bits per heavy atom. The molecule has 2 aliphatic heterocycles. The lowest BCUT2D eigenvalue weighted by molar-refractivity contribution is -0.148. The van der Waals surface area contributed by atoms with Crippen molar-refractivity contribution >= 4 is 17.8 Å². The summed E-state index contributed by atoms with van der Waals surface area (Å²) in [6.07, 6.45) is 5.55. The second-order valence-corrected chi connectivity index (χ2v) is 8.05. The molecule has 0 unspecified atom stereocenters. The molecule has 2 aromatic heterocycles. The number of esters is 1. The van der Waals surface area contributed by atoms with Gasteiger partial charge in [0.2, 0.25) is 11.9 Å². The van der Waals surface area contributed by atoms with Gasteiger partial charge >= 0.3 is 5.97 Å². The Bertz CT molecular complexity index is 903. The van der Waals surface area contributed by atoms with Gasteiger partial charge in [0, 0.05) is 70.9 Å². The van der Waals surface area contributed by atoms with E-state index in [4.69, 9.17) is 4.74 Å². The van der Waals surface area contributed by atoms with Gasteiger partial charge in [-0.1, -0.05) is 0 Å². The molecule has 4 rings (SSSR count). The molecule has 0 aliphatic carbocycles. The highest BCUT2D eigenvalue weighted by Gasteiger charge is 2.38. The maximum absolute atomic E-state index is 12.9. The molecular weight excluding hydrogens is 398 g/mol. The van der Waals surface area contributed by atoms with Crippen LogP contribution in [0.1, 0.15) is 12.6 Å². The number of nitrogens with zero attached hydrogens (tertiary/aromatic N) is 7. The summed E-state index contributed by atoms with van der Waals surface area (Å²) < 4.78 is 7.03. The van der Waals surface area contributed by atoms with E-state index < -0.39 is 0 Å². The number of rotatable bonds is 5. The fraction of sp³-hybridized carbons (Fsp3) is 0.571. The highest BCUT2D eigenvalue weighted by atomic mass is 16.5. The monoisotopic (exact) mass is 427 g/mol.